The molecule has 2 N–H and O–H groups in total. The van der Waals surface area contributed by atoms with Crippen molar-refractivity contribution >= 4 is 6.09 Å². The maximum absolute atomic E-state index is 11.0. The Balaban J connectivity index is 1.71. The first-order valence-corrected chi connectivity index (χ1v) is 9.43. The molecule has 0 radical (unpaired) electrons. The van der Waals surface area contributed by atoms with Gasteiger partial charge in [0.2, 0.25) is 0 Å². The van der Waals surface area contributed by atoms with E-state index >= 15 is 0 Å². The van der Waals surface area contributed by atoms with Gasteiger partial charge >= 0.3 is 6.09 Å². The molecule has 0 aliphatic heterocycles. The second-order valence-corrected chi connectivity index (χ2v) is 7.38. The summed E-state index contributed by atoms with van der Waals surface area (Å²) in [6.45, 7) is 4.00. The van der Waals surface area contributed by atoms with Gasteiger partial charge in [-0.05, 0) is 36.3 Å². The van der Waals surface area contributed by atoms with Crippen molar-refractivity contribution in [3.05, 3.63) is 71.8 Å². The van der Waals surface area contributed by atoms with Gasteiger partial charge in [0.25, 0.3) is 0 Å². The molecule has 1 aliphatic carbocycles. The van der Waals surface area contributed by atoms with E-state index in [1.165, 1.54) is 11.1 Å². The Bertz CT molecular complexity index is 648. The lowest BCUT2D eigenvalue weighted by molar-refractivity contribution is 0.0999. The molecule has 1 aliphatic rings. The summed E-state index contributed by atoms with van der Waals surface area (Å²) < 4.78 is 0. The second kappa shape index (κ2) is 8.86. The van der Waals surface area contributed by atoms with Crippen LogP contribution in [0, 0.1) is 5.92 Å². The highest BCUT2D eigenvalue weighted by Gasteiger charge is 2.31. The third-order valence-corrected chi connectivity index (χ3v) is 5.42. The predicted molar refractivity (Wildman–Crippen MR) is 104 cm³/mol. The van der Waals surface area contributed by atoms with Crippen molar-refractivity contribution in [1.82, 2.24) is 10.2 Å². The van der Waals surface area contributed by atoms with Crippen LogP contribution in [0.4, 0.5) is 4.79 Å². The van der Waals surface area contributed by atoms with Gasteiger partial charge in [0, 0.05) is 25.2 Å². The molecule has 1 fully saturated rings. The third-order valence-electron chi connectivity index (χ3n) is 5.42. The molecule has 138 valence electrons. The number of hydrogen-bond acceptors (Lipinski definition) is 2. The molecule has 0 saturated heterocycles. The zero-order chi connectivity index (χ0) is 18.4. The molecular formula is C22H28N2O2. The molecule has 0 heterocycles. The van der Waals surface area contributed by atoms with Crippen LogP contribution >= 0.6 is 0 Å². The molecule has 0 bridgehead atoms. The van der Waals surface area contributed by atoms with E-state index in [1.807, 2.05) is 0 Å². The van der Waals surface area contributed by atoms with Gasteiger partial charge in [0.1, 0.15) is 0 Å². The van der Waals surface area contributed by atoms with Crippen LogP contribution in [0.25, 0.3) is 0 Å². The SMILES string of the molecule is C[C@@H]1C[C@H](N(Cc2ccccc2)Cc2ccccc2)CC[C@H]1NC(=O)O. The predicted octanol–water partition coefficient (Wildman–Crippen LogP) is 4.51. The largest absolute Gasteiger partial charge is 0.465 e. The highest BCUT2D eigenvalue weighted by Crippen LogP contribution is 2.30. The number of rotatable bonds is 6. The molecule has 3 rings (SSSR count). The monoisotopic (exact) mass is 352 g/mol. The van der Waals surface area contributed by atoms with E-state index in [2.05, 4.69) is 77.8 Å². The minimum absolute atomic E-state index is 0.0686. The fourth-order valence-electron chi connectivity index (χ4n) is 4.02. The van der Waals surface area contributed by atoms with Crippen molar-refractivity contribution < 1.29 is 9.90 Å². The summed E-state index contributed by atoms with van der Waals surface area (Å²) in [5.41, 5.74) is 2.64. The smallest absolute Gasteiger partial charge is 0.404 e. The van der Waals surface area contributed by atoms with Crippen molar-refractivity contribution in [3.63, 3.8) is 0 Å². The van der Waals surface area contributed by atoms with Crippen LogP contribution in [0.15, 0.2) is 60.7 Å². The zero-order valence-electron chi connectivity index (χ0n) is 15.3. The van der Waals surface area contributed by atoms with Gasteiger partial charge < -0.3 is 10.4 Å². The summed E-state index contributed by atoms with van der Waals surface area (Å²) in [7, 11) is 0. The molecule has 1 saturated carbocycles. The maximum atomic E-state index is 11.0. The van der Waals surface area contributed by atoms with Gasteiger partial charge in [-0.2, -0.15) is 0 Å². The highest BCUT2D eigenvalue weighted by atomic mass is 16.4. The summed E-state index contributed by atoms with van der Waals surface area (Å²) in [4.78, 5) is 13.5. The molecule has 2 aromatic rings. The molecule has 0 spiro atoms. The number of hydrogen-bond donors (Lipinski definition) is 2. The Morgan fingerprint density at radius 1 is 1.00 bits per heavy atom. The number of nitrogens with one attached hydrogen (secondary N) is 1. The molecule has 0 unspecified atom stereocenters. The van der Waals surface area contributed by atoms with Crippen molar-refractivity contribution in [3.8, 4) is 0 Å². The van der Waals surface area contributed by atoms with E-state index in [9.17, 15) is 4.79 Å². The van der Waals surface area contributed by atoms with Gasteiger partial charge in [-0.1, -0.05) is 67.6 Å². The van der Waals surface area contributed by atoms with Gasteiger partial charge in [0.15, 0.2) is 0 Å². The lowest BCUT2D eigenvalue weighted by atomic mass is 9.82. The Morgan fingerprint density at radius 3 is 2.00 bits per heavy atom. The second-order valence-electron chi connectivity index (χ2n) is 7.38. The molecule has 4 heteroatoms. The van der Waals surface area contributed by atoms with E-state index in [0.717, 1.165) is 32.4 Å². The lowest BCUT2D eigenvalue weighted by Gasteiger charge is -2.40. The molecule has 3 atom stereocenters. The summed E-state index contributed by atoms with van der Waals surface area (Å²) in [5, 5.41) is 11.7. The average molecular weight is 352 g/mol. The molecule has 0 aromatic heterocycles. The van der Waals surface area contributed by atoms with E-state index in [-0.39, 0.29) is 6.04 Å². The van der Waals surface area contributed by atoms with Gasteiger partial charge in [-0.25, -0.2) is 4.79 Å². The fraction of sp³-hybridized carbons (Fsp3) is 0.409. The lowest BCUT2D eigenvalue weighted by Crippen LogP contribution is -2.47. The highest BCUT2D eigenvalue weighted by molar-refractivity contribution is 5.64. The van der Waals surface area contributed by atoms with Crippen molar-refractivity contribution in [2.24, 2.45) is 5.92 Å². The van der Waals surface area contributed by atoms with Crippen LogP contribution in [-0.2, 0) is 13.1 Å². The minimum atomic E-state index is -0.911. The first kappa shape index (κ1) is 18.5. The molecule has 26 heavy (non-hydrogen) atoms. The zero-order valence-corrected chi connectivity index (χ0v) is 15.3. The first-order chi connectivity index (χ1) is 12.6. The van der Waals surface area contributed by atoms with E-state index in [1.54, 1.807) is 0 Å². The number of carboxylic acid groups (broad SMARTS) is 1. The van der Waals surface area contributed by atoms with Crippen LogP contribution in [0.1, 0.15) is 37.3 Å². The summed E-state index contributed by atoms with van der Waals surface area (Å²) in [6.07, 6.45) is 2.03. The minimum Gasteiger partial charge on any atom is -0.465 e. The molecule has 2 aromatic carbocycles. The van der Waals surface area contributed by atoms with Crippen molar-refractivity contribution in [2.45, 2.75) is 51.4 Å². The van der Waals surface area contributed by atoms with Gasteiger partial charge in [0.05, 0.1) is 0 Å². The standard InChI is InChI=1S/C22H28N2O2/c1-17-14-20(12-13-21(17)23-22(25)26)24(15-18-8-4-2-5-9-18)16-19-10-6-3-7-11-19/h2-11,17,20-21,23H,12-16H2,1H3,(H,25,26)/t17-,20-,21-/m1/s1. The van der Waals surface area contributed by atoms with E-state index in [4.69, 9.17) is 5.11 Å². The topological polar surface area (TPSA) is 52.6 Å². The maximum Gasteiger partial charge on any atom is 0.404 e. The van der Waals surface area contributed by atoms with Gasteiger partial charge in [-0.15, -0.1) is 0 Å². The Hall–Kier alpha value is -2.33. The average Bonchev–Trinajstić information content (AvgIpc) is 2.64. The fourth-order valence-corrected chi connectivity index (χ4v) is 4.02. The number of amides is 1. The Morgan fingerprint density at radius 2 is 1.54 bits per heavy atom. The van der Waals surface area contributed by atoms with E-state index in [0.29, 0.717) is 12.0 Å². The first-order valence-electron chi connectivity index (χ1n) is 9.43. The van der Waals surface area contributed by atoms with Gasteiger partial charge in [-0.3, -0.25) is 4.90 Å². The molecule has 4 nitrogen and oxygen atoms in total. The number of nitrogens with zero attached hydrogens (tertiary/aromatic N) is 1. The van der Waals surface area contributed by atoms with Crippen LogP contribution in [0.2, 0.25) is 0 Å². The Kier molecular flexibility index (Phi) is 6.29. The number of carbonyl (C=O) groups is 1. The summed E-state index contributed by atoms with van der Waals surface area (Å²) >= 11 is 0. The normalized spacial score (nSPS) is 22.9. The third kappa shape index (κ3) is 5.09. The molecule has 1 amide bonds. The van der Waals surface area contributed by atoms with Crippen molar-refractivity contribution in [1.29, 1.82) is 0 Å². The van der Waals surface area contributed by atoms with Crippen LogP contribution < -0.4 is 5.32 Å². The summed E-state index contributed by atoms with van der Waals surface area (Å²) in [6, 6.07) is 21.7. The van der Waals surface area contributed by atoms with E-state index < -0.39 is 6.09 Å². The summed E-state index contributed by atoms with van der Waals surface area (Å²) in [5.74, 6) is 0.346. The quantitative estimate of drug-likeness (QED) is 0.804. The van der Waals surface area contributed by atoms with Crippen LogP contribution in [0.3, 0.4) is 0 Å². The Labute approximate surface area is 155 Å². The van der Waals surface area contributed by atoms with Crippen LogP contribution in [0.5, 0.6) is 0 Å². The van der Waals surface area contributed by atoms with Crippen molar-refractivity contribution in [2.75, 3.05) is 0 Å². The molecular weight excluding hydrogens is 324 g/mol. The number of benzene rings is 2. The van der Waals surface area contributed by atoms with Crippen LogP contribution in [-0.4, -0.2) is 28.2 Å².